The SMILES string of the molecule is NC1C(=O)N2C(C(=O)OCc3ccccc3)C3(CCN(Cc4ccccc4)CC3)S[C@@H]12. The number of carbonyl (C=O) groups is 2. The Labute approximate surface area is 186 Å². The molecule has 3 heterocycles. The number of esters is 1. The van der Waals surface area contributed by atoms with Gasteiger partial charge in [0, 0.05) is 6.54 Å². The van der Waals surface area contributed by atoms with Crippen LogP contribution in [-0.2, 0) is 27.5 Å². The van der Waals surface area contributed by atoms with Gasteiger partial charge in [0.05, 0.1) is 4.75 Å². The molecule has 3 aliphatic rings. The van der Waals surface area contributed by atoms with Crippen LogP contribution in [0.1, 0.15) is 24.0 Å². The highest BCUT2D eigenvalue weighted by molar-refractivity contribution is 8.01. The molecular formula is C24H27N3O3S. The predicted molar refractivity (Wildman–Crippen MR) is 120 cm³/mol. The summed E-state index contributed by atoms with van der Waals surface area (Å²) >= 11 is 1.71. The van der Waals surface area contributed by atoms with Crippen LogP contribution < -0.4 is 5.73 Å². The predicted octanol–water partition coefficient (Wildman–Crippen LogP) is 2.38. The number of thioether (sulfide) groups is 1. The third-order valence-corrected chi connectivity index (χ3v) is 8.51. The summed E-state index contributed by atoms with van der Waals surface area (Å²) in [5, 5.41) is -0.123. The summed E-state index contributed by atoms with van der Waals surface area (Å²) in [6.07, 6.45) is 1.67. The number of benzene rings is 2. The van der Waals surface area contributed by atoms with E-state index in [-0.39, 0.29) is 28.6 Å². The Morgan fingerprint density at radius 1 is 1.03 bits per heavy atom. The molecule has 3 aliphatic heterocycles. The Morgan fingerprint density at radius 2 is 1.65 bits per heavy atom. The smallest absolute Gasteiger partial charge is 0.330 e. The molecule has 0 bridgehead atoms. The van der Waals surface area contributed by atoms with Gasteiger partial charge in [0.25, 0.3) is 0 Å². The van der Waals surface area contributed by atoms with Crippen molar-refractivity contribution in [3.63, 3.8) is 0 Å². The van der Waals surface area contributed by atoms with Crippen LogP contribution in [-0.4, -0.2) is 57.0 Å². The molecule has 2 aromatic carbocycles. The van der Waals surface area contributed by atoms with Crippen molar-refractivity contribution in [3.8, 4) is 0 Å². The van der Waals surface area contributed by atoms with Gasteiger partial charge in [-0.2, -0.15) is 0 Å². The van der Waals surface area contributed by atoms with Crippen LogP contribution in [0.3, 0.4) is 0 Å². The van der Waals surface area contributed by atoms with Crippen molar-refractivity contribution in [2.45, 2.75) is 48.2 Å². The average molecular weight is 438 g/mol. The van der Waals surface area contributed by atoms with Gasteiger partial charge in [0.1, 0.15) is 24.1 Å². The number of carbonyl (C=O) groups excluding carboxylic acids is 2. The van der Waals surface area contributed by atoms with E-state index in [4.69, 9.17) is 10.5 Å². The third kappa shape index (κ3) is 3.75. The number of β-lactam (4-membered cyclic amide) rings is 1. The lowest BCUT2D eigenvalue weighted by Crippen LogP contribution is -2.69. The van der Waals surface area contributed by atoms with E-state index in [2.05, 4.69) is 29.2 Å². The molecule has 31 heavy (non-hydrogen) atoms. The summed E-state index contributed by atoms with van der Waals surface area (Å²) in [6.45, 7) is 2.88. The van der Waals surface area contributed by atoms with Crippen molar-refractivity contribution in [3.05, 3.63) is 71.8 Å². The zero-order valence-corrected chi connectivity index (χ0v) is 18.2. The first kappa shape index (κ1) is 20.5. The quantitative estimate of drug-likeness (QED) is 0.572. The number of hydrogen-bond donors (Lipinski definition) is 1. The molecule has 0 aromatic heterocycles. The van der Waals surface area contributed by atoms with E-state index in [1.165, 1.54) is 5.56 Å². The van der Waals surface area contributed by atoms with Crippen molar-refractivity contribution in [1.29, 1.82) is 0 Å². The number of ether oxygens (including phenoxy) is 1. The molecule has 2 N–H and O–H groups in total. The lowest BCUT2D eigenvalue weighted by molar-refractivity contribution is -0.164. The molecule has 162 valence electrons. The highest BCUT2D eigenvalue weighted by Gasteiger charge is 2.66. The molecule has 5 rings (SSSR count). The Kier molecular flexibility index (Phi) is 5.50. The lowest BCUT2D eigenvalue weighted by Gasteiger charge is -2.44. The van der Waals surface area contributed by atoms with Crippen LogP contribution in [0, 0.1) is 0 Å². The van der Waals surface area contributed by atoms with Crippen molar-refractivity contribution < 1.29 is 14.3 Å². The van der Waals surface area contributed by atoms with Gasteiger partial charge in [-0.05, 0) is 37.1 Å². The fourth-order valence-electron chi connectivity index (χ4n) is 4.93. The largest absolute Gasteiger partial charge is 0.459 e. The van der Waals surface area contributed by atoms with E-state index in [9.17, 15) is 9.59 Å². The third-order valence-electron chi connectivity index (χ3n) is 6.65. The zero-order chi connectivity index (χ0) is 21.4. The first-order valence-corrected chi connectivity index (χ1v) is 11.7. The van der Waals surface area contributed by atoms with Crippen LogP contribution in [0.15, 0.2) is 60.7 Å². The van der Waals surface area contributed by atoms with Crippen LogP contribution in [0.5, 0.6) is 0 Å². The second-order valence-corrected chi connectivity index (χ2v) is 10.1. The number of nitrogens with two attached hydrogens (primary N) is 1. The second-order valence-electron chi connectivity index (χ2n) is 8.60. The van der Waals surface area contributed by atoms with Gasteiger partial charge in [-0.3, -0.25) is 9.69 Å². The van der Waals surface area contributed by atoms with Gasteiger partial charge in [-0.15, -0.1) is 11.8 Å². The van der Waals surface area contributed by atoms with E-state index < -0.39 is 12.1 Å². The standard InChI is InChI=1S/C24H27N3O3S/c25-19-21(28)27-20(23(29)30-16-18-9-5-2-6-10-18)24(31-22(19)27)11-13-26(14-12-24)15-17-7-3-1-4-8-17/h1-10,19-20,22H,11-16,25H2/t19?,20?,22-/m0/s1. The maximum absolute atomic E-state index is 13.2. The molecule has 2 unspecified atom stereocenters. The van der Waals surface area contributed by atoms with E-state index in [1.54, 1.807) is 16.7 Å². The molecule has 1 amide bonds. The maximum Gasteiger partial charge on any atom is 0.330 e. The Balaban J connectivity index is 1.29. The van der Waals surface area contributed by atoms with Gasteiger partial charge in [0.15, 0.2) is 0 Å². The molecule has 0 aliphatic carbocycles. The van der Waals surface area contributed by atoms with E-state index in [0.29, 0.717) is 0 Å². The number of rotatable bonds is 5. The Morgan fingerprint density at radius 3 is 2.29 bits per heavy atom. The van der Waals surface area contributed by atoms with Crippen LogP contribution in [0.4, 0.5) is 0 Å². The Hall–Kier alpha value is -2.35. The van der Waals surface area contributed by atoms with Gasteiger partial charge in [-0.25, -0.2) is 4.79 Å². The molecule has 1 spiro atoms. The monoisotopic (exact) mass is 437 g/mol. The molecule has 3 saturated heterocycles. The summed E-state index contributed by atoms with van der Waals surface area (Å²) < 4.78 is 5.37. The molecule has 3 atom stereocenters. The first-order chi connectivity index (χ1) is 15.1. The van der Waals surface area contributed by atoms with Gasteiger partial charge < -0.3 is 15.4 Å². The highest BCUT2D eigenvalue weighted by Crippen LogP contribution is 2.55. The molecular weight excluding hydrogens is 410 g/mol. The van der Waals surface area contributed by atoms with E-state index in [0.717, 1.165) is 38.0 Å². The van der Waals surface area contributed by atoms with E-state index in [1.807, 2.05) is 36.4 Å². The first-order valence-electron chi connectivity index (χ1n) is 10.8. The van der Waals surface area contributed by atoms with Crippen LogP contribution in [0.2, 0.25) is 0 Å². The Bertz CT molecular complexity index is 947. The van der Waals surface area contributed by atoms with Gasteiger partial charge >= 0.3 is 5.97 Å². The minimum absolute atomic E-state index is 0.123. The molecule has 0 saturated carbocycles. The number of nitrogens with zero attached hydrogens (tertiary/aromatic N) is 2. The topological polar surface area (TPSA) is 75.9 Å². The minimum Gasteiger partial charge on any atom is -0.459 e. The van der Waals surface area contributed by atoms with Gasteiger partial charge in [-0.1, -0.05) is 60.7 Å². The zero-order valence-electron chi connectivity index (χ0n) is 17.4. The number of piperidine rings is 1. The van der Waals surface area contributed by atoms with E-state index >= 15 is 0 Å². The van der Waals surface area contributed by atoms with Crippen LogP contribution in [0.25, 0.3) is 0 Å². The summed E-state index contributed by atoms with van der Waals surface area (Å²) in [7, 11) is 0. The molecule has 7 heteroatoms. The van der Waals surface area contributed by atoms with Crippen LogP contribution >= 0.6 is 11.8 Å². The molecule has 0 radical (unpaired) electrons. The molecule has 6 nitrogen and oxygen atoms in total. The van der Waals surface area contributed by atoms with Crippen molar-refractivity contribution in [2.75, 3.05) is 13.1 Å². The summed E-state index contributed by atoms with van der Waals surface area (Å²) in [6, 6.07) is 19.0. The second kappa shape index (κ2) is 8.30. The number of likely N-dealkylation sites (tertiary alicyclic amines) is 1. The normalized spacial score (nSPS) is 27.1. The molecule has 2 aromatic rings. The fourth-order valence-corrected chi connectivity index (χ4v) is 6.77. The number of amides is 1. The molecule has 3 fully saturated rings. The summed E-state index contributed by atoms with van der Waals surface area (Å²) in [5.74, 6) is -0.446. The minimum atomic E-state index is -0.558. The van der Waals surface area contributed by atoms with Crippen molar-refractivity contribution in [1.82, 2.24) is 9.80 Å². The van der Waals surface area contributed by atoms with Crippen molar-refractivity contribution in [2.24, 2.45) is 5.73 Å². The highest BCUT2D eigenvalue weighted by atomic mass is 32.2. The maximum atomic E-state index is 13.2. The van der Waals surface area contributed by atoms with Crippen molar-refractivity contribution >= 4 is 23.6 Å². The summed E-state index contributed by atoms with van der Waals surface area (Å²) in [5.41, 5.74) is 8.31. The van der Waals surface area contributed by atoms with Gasteiger partial charge in [0.2, 0.25) is 5.91 Å². The lowest BCUT2D eigenvalue weighted by atomic mass is 9.85. The number of hydrogen-bond acceptors (Lipinski definition) is 6. The summed E-state index contributed by atoms with van der Waals surface area (Å²) in [4.78, 5) is 29.9. The average Bonchev–Trinajstić information content (AvgIpc) is 3.11. The fraction of sp³-hybridized carbons (Fsp3) is 0.417. The number of fused-ring (bicyclic) bond motifs is 1.